The molecule has 0 radical (unpaired) electrons. The van der Waals surface area contributed by atoms with E-state index in [2.05, 4.69) is 45.2 Å². The Balaban J connectivity index is 3.63. The molecule has 72 valence electrons. The fraction of sp³-hybridized carbons (Fsp3) is 0.385. The van der Waals surface area contributed by atoms with E-state index in [0.29, 0.717) is 0 Å². The first-order valence-electron chi connectivity index (χ1n) is 4.75. The van der Waals surface area contributed by atoms with E-state index in [1.165, 1.54) is 11.1 Å². The highest BCUT2D eigenvalue weighted by molar-refractivity contribution is 5.15. The molecule has 0 N–H and O–H groups in total. The van der Waals surface area contributed by atoms with E-state index in [-0.39, 0.29) is 0 Å². The summed E-state index contributed by atoms with van der Waals surface area (Å²) in [5.74, 6) is 0. The third-order valence-corrected chi connectivity index (χ3v) is 1.67. The van der Waals surface area contributed by atoms with Gasteiger partial charge < -0.3 is 0 Å². The third kappa shape index (κ3) is 8.87. The van der Waals surface area contributed by atoms with Crippen molar-refractivity contribution in [1.29, 1.82) is 0 Å². The van der Waals surface area contributed by atoms with E-state index in [1.807, 2.05) is 6.08 Å². The molecule has 13 heavy (non-hydrogen) atoms. The topological polar surface area (TPSA) is 0 Å². The summed E-state index contributed by atoms with van der Waals surface area (Å²) in [4.78, 5) is 0. The summed E-state index contributed by atoms with van der Waals surface area (Å²) in [5.41, 5.74) is 2.57. The first-order chi connectivity index (χ1) is 6.16. The number of hydrogen-bond acceptors (Lipinski definition) is 0. The lowest BCUT2D eigenvalue weighted by molar-refractivity contribution is 0.997. The van der Waals surface area contributed by atoms with Gasteiger partial charge in [-0.15, -0.1) is 6.58 Å². The Bertz CT molecular complexity index is 212. The van der Waals surface area contributed by atoms with Gasteiger partial charge in [0, 0.05) is 0 Å². The first kappa shape index (κ1) is 12.0. The van der Waals surface area contributed by atoms with Gasteiger partial charge in [-0.2, -0.15) is 0 Å². The molecule has 0 aliphatic heterocycles. The molecule has 0 aromatic rings. The molecule has 0 aromatic heterocycles. The monoisotopic (exact) mass is 176 g/mol. The Labute approximate surface area is 82.4 Å². The van der Waals surface area contributed by atoms with Crippen molar-refractivity contribution < 1.29 is 0 Å². The molecule has 0 unspecified atom stereocenters. The van der Waals surface area contributed by atoms with Gasteiger partial charge in [0.1, 0.15) is 0 Å². The highest BCUT2D eigenvalue weighted by atomic mass is 13.9. The lowest BCUT2D eigenvalue weighted by Gasteiger charge is -1.96. The van der Waals surface area contributed by atoms with Crippen LogP contribution in [0.25, 0.3) is 0 Å². The Morgan fingerprint density at radius 2 is 2.00 bits per heavy atom. The summed E-state index contributed by atoms with van der Waals surface area (Å²) < 4.78 is 0. The fourth-order valence-corrected chi connectivity index (χ4v) is 0.961. The van der Waals surface area contributed by atoms with E-state index in [1.54, 1.807) is 0 Å². The highest BCUT2D eigenvalue weighted by Gasteiger charge is 1.86. The van der Waals surface area contributed by atoms with E-state index in [9.17, 15) is 0 Å². The molecule has 0 bridgehead atoms. The van der Waals surface area contributed by atoms with Crippen molar-refractivity contribution >= 4 is 0 Å². The van der Waals surface area contributed by atoms with Crippen molar-refractivity contribution in [1.82, 2.24) is 0 Å². The summed E-state index contributed by atoms with van der Waals surface area (Å²) in [6.07, 6.45) is 11.4. The summed E-state index contributed by atoms with van der Waals surface area (Å²) in [5, 5.41) is 0. The lowest BCUT2D eigenvalue weighted by atomic mass is 10.1. The predicted octanol–water partition coefficient (Wildman–Crippen LogP) is 4.42. The number of allylic oxidation sites excluding steroid dienone is 6. The van der Waals surface area contributed by atoms with Crippen molar-refractivity contribution in [3.8, 4) is 0 Å². The van der Waals surface area contributed by atoms with Crippen LogP contribution in [0.1, 0.15) is 33.1 Å². The van der Waals surface area contributed by atoms with Crippen molar-refractivity contribution in [3.63, 3.8) is 0 Å². The van der Waals surface area contributed by atoms with Crippen LogP contribution < -0.4 is 0 Å². The van der Waals surface area contributed by atoms with Crippen LogP contribution in [0, 0.1) is 0 Å². The largest absolute Gasteiger partial charge is 0.103 e. The Hall–Kier alpha value is -1.04. The van der Waals surface area contributed by atoms with Gasteiger partial charge in [0.2, 0.25) is 0 Å². The van der Waals surface area contributed by atoms with Gasteiger partial charge in [-0.1, -0.05) is 42.0 Å². The van der Waals surface area contributed by atoms with Crippen LogP contribution in [0.3, 0.4) is 0 Å². The van der Waals surface area contributed by atoms with Gasteiger partial charge in [0.25, 0.3) is 0 Å². The van der Waals surface area contributed by atoms with Crippen LogP contribution in [-0.4, -0.2) is 0 Å². The molecule has 0 rings (SSSR count). The minimum Gasteiger partial charge on any atom is -0.103 e. The van der Waals surface area contributed by atoms with Crippen molar-refractivity contribution in [2.75, 3.05) is 0 Å². The molecule has 0 amide bonds. The van der Waals surface area contributed by atoms with Crippen LogP contribution in [0.15, 0.2) is 48.6 Å². The van der Waals surface area contributed by atoms with Gasteiger partial charge >= 0.3 is 0 Å². The normalized spacial score (nSPS) is 10.0. The van der Waals surface area contributed by atoms with Crippen molar-refractivity contribution in [2.45, 2.75) is 33.1 Å². The van der Waals surface area contributed by atoms with Crippen molar-refractivity contribution in [2.24, 2.45) is 0 Å². The Morgan fingerprint density at radius 1 is 1.31 bits per heavy atom. The predicted molar refractivity (Wildman–Crippen MR) is 61.8 cm³/mol. The highest BCUT2D eigenvalue weighted by Crippen LogP contribution is 2.06. The van der Waals surface area contributed by atoms with E-state index in [0.717, 1.165) is 19.3 Å². The maximum Gasteiger partial charge on any atom is -0.0169 e. The zero-order valence-corrected chi connectivity index (χ0v) is 8.84. The molecule has 0 heterocycles. The molecule has 0 heteroatoms. The number of rotatable bonds is 6. The molecule has 0 nitrogen and oxygen atoms in total. The number of hydrogen-bond donors (Lipinski definition) is 0. The molecule has 0 aliphatic rings. The molecular formula is C13H20. The molecular weight excluding hydrogens is 156 g/mol. The first-order valence-corrected chi connectivity index (χ1v) is 4.75. The molecule has 0 aliphatic carbocycles. The molecule has 0 atom stereocenters. The molecule has 0 fully saturated rings. The second-order valence-electron chi connectivity index (χ2n) is 3.41. The molecule has 0 aromatic carbocycles. The van der Waals surface area contributed by atoms with Crippen LogP contribution in [-0.2, 0) is 0 Å². The lowest BCUT2D eigenvalue weighted by Crippen LogP contribution is -1.76. The summed E-state index contributed by atoms with van der Waals surface area (Å²) in [6, 6.07) is 0. The smallest absolute Gasteiger partial charge is 0.0169 e. The van der Waals surface area contributed by atoms with Gasteiger partial charge in [0.05, 0.1) is 0 Å². The van der Waals surface area contributed by atoms with Crippen LogP contribution in [0.2, 0.25) is 0 Å². The van der Waals surface area contributed by atoms with Crippen LogP contribution in [0.5, 0.6) is 0 Å². The SMILES string of the molecule is C=CC/C=C/C(=C)CCC=C(C)C. The molecule has 0 saturated carbocycles. The zero-order chi connectivity index (χ0) is 10.1. The maximum absolute atomic E-state index is 3.97. The average Bonchev–Trinajstić information content (AvgIpc) is 2.04. The zero-order valence-electron chi connectivity index (χ0n) is 8.84. The van der Waals surface area contributed by atoms with Gasteiger partial charge in [-0.25, -0.2) is 0 Å². The maximum atomic E-state index is 3.97. The van der Waals surface area contributed by atoms with Crippen LogP contribution >= 0.6 is 0 Å². The average molecular weight is 176 g/mol. The quantitative estimate of drug-likeness (QED) is 0.415. The van der Waals surface area contributed by atoms with Gasteiger partial charge in [-0.3, -0.25) is 0 Å². The Morgan fingerprint density at radius 3 is 2.54 bits per heavy atom. The fourth-order valence-electron chi connectivity index (χ4n) is 0.961. The summed E-state index contributed by atoms with van der Waals surface area (Å²) in [6.45, 7) is 11.9. The standard InChI is InChI=1S/C13H20/c1-5-6-7-10-13(4)11-8-9-12(2)3/h5,7,9-10H,1,4,6,8,11H2,2-3H3/b10-7+. The van der Waals surface area contributed by atoms with E-state index < -0.39 is 0 Å². The minimum absolute atomic E-state index is 0.932. The second kappa shape index (κ2) is 7.60. The minimum atomic E-state index is 0.932. The molecule has 0 saturated heterocycles. The molecule has 0 spiro atoms. The summed E-state index contributed by atoms with van der Waals surface area (Å²) >= 11 is 0. The summed E-state index contributed by atoms with van der Waals surface area (Å²) in [7, 11) is 0. The van der Waals surface area contributed by atoms with Crippen molar-refractivity contribution in [3.05, 3.63) is 48.6 Å². The van der Waals surface area contributed by atoms with Crippen LogP contribution in [0.4, 0.5) is 0 Å². The van der Waals surface area contributed by atoms with E-state index >= 15 is 0 Å². The van der Waals surface area contributed by atoms with E-state index in [4.69, 9.17) is 0 Å². The van der Waals surface area contributed by atoms with Gasteiger partial charge in [0.15, 0.2) is 0 Å². The van der Waals surface area contributed by atoms with Gasteiger partial charge in [-0.05, 0) is 33.1 Å². The third-order valence-electron chi connectivity index (χ3n) is 1.67. The Kier molecular flexibility index (Phi) is 6.99. The second-order valence-corrected chi connectivity index (χ2v) is 3.41.